The number of rotatable bonds is 2. The van der Waals surface area contributed by atoms with Gasteiger partial charge in [0.05, 0.1) is 5.69 Å². The molecule has 0 fully saturated rings. The molecule has 0 atom stereocenters. The Bertz CT molecular complexity index is 781. The maximum atomic E-state index is 13.2. The lowest BCUT2D eigenvalue weighted by molar-refractivity contribution is 0.387. The molecule has 0 amide bonds. The molecule has 0 unspecified atom stereocenters. The van der Waals surface area contributed by atoms with Crippen molar-refractivity contribution in [2.24, 2.45) is 0 Å². The van der Waals surface area contributed by atoms with Crippen LogP contribution < -0.4 is 5.76 Å². The van der Waals surface area contributed by atoms with Gasteiger partial charge in [-0.05, 0) is 18.2 Å². The van der Waals surface area contributed by atoms with Crippen LogP contribution in [0.25, 0.3) is 22.8 Å². The molecule has 0 aliphatic heterocycles. The van der Waals surface area contributed by atoms with Crippen LogP contribution in [0.4, 0.5) is 4.39 Å². The van der Waals surface area contributed by atoms with E-state index < -0.39 is 5.76 Å². The van der Waals surface area contributed by atoms with Gasteiger partial charge >= 0.3 is 5.76 Å². The van der Waals surface area contributed by atoms with Crippen LogP contribution in [0.2, 0.25) is 0 Å². The summed E-state index contributed by atoms with van der Waals surface area (Å²) in [5.74, 6) is -0.821. The van der Waals surface area contributed by atoms with Crippen molar-refractivity contribution in [2.75, 3.05) is 0 Å². The molecule has 3 rings (SSSR count). The fraction of sp³-hybridized carbons (Fsp3) is 0. The summed E-state index contributed by atoms with van der Waals surface area (Å²) in [4.78, 5) is 21.3. The first-order valence-electron chi connectivity index (χ1n) is 5.37. The molecule has 0 bridgehead atoms. The highest BCUT2D eigenvalue weighted by Gasteiger charge is 2.08. The van der Waals surface area contributed by atoms with Gasteiger partial charge in [-0.25, -0.2) is 19.2 Å². The fourth-order valence-corrected chi connectivity index (χ4v) is 1.63. The van der Waals surface area contributed by atoms with Gasteiger partial charge in [-0.3, -0.25) is 9.51 Å². The zero-order valence-electron chi connectivity index (χ0n) is 9.50. The van der Waals surface area contributed by atoms with Crippen molar-refractivity contribution in [3.8, 4) is 22.8 Å². The molecule has 0 saturated carbocycles. The van der Waals surface area contributed by atoms with Gasteiger partial charge in [0, 0.05) is 5.56 Å². The van der Waals surface area contributed by atoms with Crippen LogP contribution in [0.15, 0.2) is 46.0 Å². The van der Waals surface area contributed by atoms with Crippen LogP contribution in [0.5, 0.6) is 0 Å². The van der Waals surface area contributed by atoms with Crippen LogP contribution in [0.1, 0.15) is 0 Å². The summed E-state index contributed by atoms with van der Waals surface area (Å²) in [7, 11) is 0. The third-order valence-electron chi connectivity index (χ3n) is 2.47. The molecule has 2 heterocycles. The van der Waals surface area contributed by atoms with Crippen LogP contribution in [0.3, 0.4) is 0 Å². The largest absolute Gasteiger partial charge is 0.439 e. The molecule has 1 aromatic carbocycles. The monoisotopic (exact) mass is 258 g/mol. The Morgan fingerprint density at radius 2 is 2.00 bits per heavy atom. The quantitative estimate of drug-likeness (QED) is 0.755. The molecular formula is C12H7FN4O2. The van der Waals surface area contributed by atoms with E-state index in [0.717, 1.165) is 0 Å². The molecule has 0 radical (unpaired) electrons. The highest BCUT2D eigenvalue weighted by atomic mass is 19.1. The van der Waals surface area contributed by atoms with Crippen LogP contribution in [-0.4, -0.2) is 20.1 Å². The van der Waals surface area contributed by atoms with E-state index in [9.17, 15) is 9.18 Å². The Morgan fingerprint density at radius 3 is 2.74 bits per heavy atom. The van der Waals surface area contributed by atoms with Crippen LogP contribution in [0, 0.1) is 5.82 Å². The number of hydrogen-bond donors (Lipinski definition) is 1. The molecule has 0 aliphatic rings. The second-order valence-electron chi connectivity index (χ2n) is 3.74. The third-order valence-corrected chi connectivity index (χ3v) is 2.47. The summed E-state index contributed by atoms with van der Waals surface area (Å²) in [6.07, 6.45) is 1.31. The van der Waals surface area contributed by atoms with Gasteiger partial charge in [-0.2, -0.15) is 0 Å². The molecule has 0 saturated heterocycles. The maximum Gasteiger partial charge on any atom is 0.439 e. The number of aromatic nitrogens is 4. The Hall–Kier alpha value is -2.83. The lowest BCUT2D eigenvalue weighted by Gasteiger charge is -2.01. The van der Waals surface area contributed by atoms with Gasteiger partial charge in [-0.15, -0.1) is 0 Å². The molecule has 2 aromatic heterocycles. The average Bonchev–Trinajstić information content (AvgIpc) is 2.86. The lowest BCUT2D eigenvalue weighted by Crippen LogP contribution is -1.96. The molecule has 7 heteroatoms. The second-order valence-corrected chi connectivity index (χ2v) is 3.74. The first kappa shape index (κ1) is 11.3. The van der Waals surface area contributed by atoms with E-state index in [1.165, 1.54) is 18.5 Å². The summed E-state index contributed by atoms with van der Waals surface area (Å²) in [6, 6.07) is 7.60. The van der Waals surface area contributed by atoms with Crippen molar-refractivity contribution in [2.45, 2.75) is 0 Å². The topological polar surface area (TPSA) is 84.7 Å². The normalized spacial score (nSPS) is 10.6. The second kappa shape index (κ2) is 4.45. The Morgan fingerprint density at radius 1 is 1.16 bits per heavy atom. The summed E-state index contributed by atoms with van der Waals surface area (Å²) >= 11 is 0. The van der Waals surface area contributed by atoms with E-state index in [4.69, 9.17) is 0 Å². The zero-order chi connectivity index (χ0) is 13.2. The molecule has 6 nitrogen and oxygen atoms in total. The zero-order valence-corrected chi connectivity index (χ0v) is 9.50. The third kappa shape index (κ3) is 2.25. The van der Waals surface area contributed by atoms with Crippen molar-refractivity contribution in [1.82, 2.24) is 20.1 Å². The number of halogens is 1. The van der Waals surface area contributed by atoms with Gasteiger partial charge in [-0.1, -0.05) is 17.3 Å². The van der Waals surface area contributed by atoms with Gasteiger partial charge in [0.25, 0.3) is 0 Å². The highest BCUT2D eigenvalue weighted by molar-refractivity contribution is 5.63. The maximum absolute atomic E-state index is 13.2. The minimum absolute atomic E-state index is 0.199. The number of H-pyrrole nitrogens is 1. The van der Waals surface area contributed by atoms with E-state index in [-0.39, 0.29) is 11.6 Å². The number of aromatic amines is 1. The highest BCUT2D eigenvalue weighted by Crippen LogP contribution is 2.20. The van der Waals surface area contributed by atoms with E-state index in [1.807, 2.05) is 0 Å². The first-order chi connectivity index (χ1) is 9.22. The molecule has 3 aromatic rings. The number of hydrogen-bond acceptors (Lipinski definition) is 5. The van der Waals surface area contributed by atoms with E-state index in [0.29, 0.717) is 17.0 Å². The van der Waals surface area contributed by atoms with Gasteiger partial charge < -0.3 is 0 Å². The van der Waals surface area contributed by atoms with E-state index in [2.05, 4.69) is 24.6 Å². The summed E-state index contributed by atoms with van der Waals surface area (Å²) < 4.78 is 17.6. The molecule has 0 spiro atoms. The Kier molecular flexibility index (Phi) is 2.64. The molecule has 94 valence electrons. The molecule has 0 aliphatic carbocycles. The number of nitrogens with zero attached hydrogens (tertiary/aromatic N) is 3. The predicted octanol–water partition coefficient (Wildman–Crippen LogP) is 1.63. The standard InChI is InChI=1S/C12H7FN4O2/c13-8-3-1-2-7(4-8)9-5-10(15-6-14-9)11-16-12(18)19-17-11/h1-6H,(H,16,17,18). The number of nitrogens with one attached hydrogen (secondary N) is 1. The minimum Gasteiger partial charge on any atom is -0.296 e. The van der Waals surface area contributed by atoms with Crippen LogP contribution in [-0.2, 0) is 0 Å². The SMILES string of the molecule is O=c1[nH]c(-c2cc(-c3cccc(F)c3)ncn2)no1. The van der Waals surface area contributed by atoms with E-state index >= 15 is 0 Å². The Labute approximate surface area is 105 Å². The van der Waals surface area contributed by atoms with Crippen molar-refractivity contribution >= 4 is 0 Å². The van der Waals surface area contributed by atoms with Crippen molar-refractivity contribution in [3.63, 3.8) is 0 Å². The van der Waals surface area contributed by atoms with E-state index in [1.54, 1.807) is 18.2 Å². The number of benzene rings is 1. The summed E-state index contributed by atoms with van der Waals surface area (Å²) in [6.45, 7) is 0. The molecular weight excluding hydrogens is 251 g/mol. The summed E-state index contributed by atoms with van der Waals surface area (Å²) in [5, 5.41) is 3.53. The van der Waals surface area contributed by atoms with Gasteiger partial charge in [0.1, 0.15) is 17.8 Å². The first-order valence-corrected chi connectivity index (χ1v) is 5.37. The predicted molar refractivity (Wildman–Crippen MR) is 63.5 cm³/mol. The molecule has 19 heavy (non-hydrogen) atoms. The minimum atomic E-state index is -0.666. The van der Waals surface area contributed by atoms with Crippen molar-refractivity contribution < 1.29 is 8.91 Å². The van der Waals surface area contributed by atoms with Crippen LogP contribution >= 0.6 is 0 Å². The van der Waals surface area contributed by atoms with Gasteiger partial charge in [0.2, 0.25) is 5.82 Å². The summed E-state index contributed by atoms with van der Waals surface area (Å²) in [5.41, 5.74) is 1.52. The lowest BCUT2D eigenvalue weighted by atomic mass is 10.1. The van der Waals surface area contributed by atoms with Crippen molar-refractivity contribution in [3.05, 3.63) is 53.0 Å². The smallest absolute Gasteiger partial charge is 0.296 e. The fourth-order valence-electron chi connectivity index (χ4n) is 1.63. The average molecular weight is 258 g/mol. The molecule has 1 N–H and O–H groups in total. The van der Waals surface area contributed by atoms with Gasteiger partial charge in [0.15, 0.2) is 0 Å². The Balaban J connectivity index is 2.07. The van der Waals surface area contributed by atoms with Crippen molar-refractivity contribution in [1.29, 1.82) is 0 Å².